The van der Waals surface area contributed by atoms with E-state index in [0.29, 0.717) is 13.0 Å². The molecule has 0 unspecified atom stereocenters. The molecule has 0 aliphatic carbocycles. The minimum atomic E-state index is -0.277. The van der Waals surface area contributed by atoms with Crippen LogP contribution in [0.3, 0.4) is 0 Å². The number of carbonyl (C=O) groups is 1. The molecule has 0 aliphatic heterocycles. The van der Waals surface area contributed by atoms with Gasteiger partial charge in [0.2, 0.25) is 5.76 Å². The molecule has 0 saturated carbocycles. The molecule has 5 nitrogen and oxygen atoms in total. The molecule has 17 heavy (non-hydrogen) atoms. The van der Waals surface area contributed by atoms with Crippen molar-refractivity contribution >= 4 is 5.91 Å². The molecule has 0 radical (unpaired) electrons. The number of rotatable bonds is 4. The lowest BCUT2D eigenvalue weighted by atomic mass is 10.1. The summed E-state index contributed by atoms with van der Waals surface area (Å²) < 4.78 is 4.72. The smallest absolute Gasteiger partial charge is 0.289 e. The van der Waals surface area contributed by atoms with E-state index in [0.717, 1.165) is 5.56 Å². The fourth-order valence-corrected chi connectivity index (χ4v) is 1.40. The number of hydrogen-bond donors (Lipinski definition) is 2. The predicted molar refractivity (Wildman–Crippen MR) is 60.6 cm³/mol. The van der Waals surface area contributed by atoms with Crippen molar-refractivity contribution in [2.24, 2.45) is 0 Å². The van der Waals surface area contributed by atoms with Crippen molar-refractivity contribution in [2.75, 3.05) is 6.54 Å². The number of amides is 1. The monoisotopic (exact) mass is 232 g/mol. The number of phenolic OH excluding ortho intramolecular Hbond substituents is 1. The third kappa shape index (κ3) is 3.07. The Labute approximate surface area is 98.1 Å². The van der Waals surface area contributed by atoms with Crippen molar-refractivity contribution in [2.45, 2.75) is 6.42 Å². The third-order valence-electron chi connectivity index (χ3n) is 2.30. The maximum Gasteiger partial charge on any atom is 0.289 e. The molecule has 1 amide bonds. The molecule has 2 aromatic rings. The second-order valence-electron chi connectivity index (χ2n) is 3.55. The van der Waals surface area contributed by atoms with Crippen LogP contribution in [0.4, 0.5) is 0 Å². The van der Waals surface area contributed by atoms with Gasteiger partial charge in [-0.05, 0) is 24.1 Å². The Morgan fingerprint density at radius 2 is 2.06 bits per heavy atom. The minimum Gasteiger partial charge on any atom is -0.508 e. The fourth-order valence-electron chi connectivity index (χ4n) is 1.40. The van der Waals surface area contributed by atoms with E-state index < -0.39 is 0 Å². The maximum absolute atomic E-state index is 11.5. The van der Waals surface area contributed by atoms with Gasteiger partial charge in [0.1, 0.15) is 5.75 Å². The average molecular weight is 232 g/mol. The average Bonchev–Trinajstić information content (AvgIpc) is 2.85. The molecule has 5 heteroatoms. The first kappa shape index (κ1) is 11.2. The first-order valence-electron chi connectivity index (χ1n) is 5.22. The van der Waals surface area contributed by atoms with Crippen LogP contribution in [0.25, 0.3) is 0 Å². The van der Waals surface area contributed by atoms with Crippen LogP contribution in [-0.4, -0.2) is 22.7 Å². The number of aromatic hydroxyl groups is 1. The van der Waals surface area contributed by atoms with Gasteiger partial charge >= 0.3 is 0 Å². The molecule has 0 aliphatic rings. The Bertz CT molecular complexity index is 477. The highest BCUT2D eigenvalue weighted by Gasteiger charge is 2.07. The minimum absolute atomic E-state index is 0.204. The van der Waals surface area contributed by atoms with E-state index in [2.05, 4.69) is 10.5 Å². The maximum atomic E-state index is 11.5. The summed E-state index contributed by atoms with van der Waals surface area (Å²) in [6.45, 7) is 0.504. The number of phenols is 1. The Morgan fingerprint density at radius 3 is 2.71 bits per heavy atom. The summed E-state index contributed by atoms with van der Waals surface area (Å²) in [5, 5.41) is 15.3. The van der Waals surface area contributed by atoms with Crippen molar-refractivity contribution in [1.82, 2.24) is 10.5 Å². The van der Waals surface area contributed by atoms with E-state index in [1.54, 1.807) is 12.1 Å². The van der Waals surface area contributed by atoms with Crippen LogP contribution < -0.4 is 5.32 Å². The molecule has 0 spiro atoms. The van der Waals surface area contributed by atoms with Crippen LogP contribution in [0.1, 0.15) is 16.1 Å². The summed E-state index contributed by atoms with van der Waals surface area (Å²) in [5.74, 6) is 0.163. The van der Waals surface area contributed by atoms with Gasteiger partial charge in [-0.15, -0.1) is 0 Å². The SMILES string of the molecule is O=C(NCCc1ccc(O)cc1)c1ccno1. The van der Waals surface area contributed by atoms with Gasteiger partial charge in [-0.2, -0.15) is 0 Å². The van der Waals surface area contributed by atoms with Gasteiger partial charge in [0, 0.05) is 12.6 Å². The molecule has 0 fully saturated rings. The molecule has 2 rings (SSSR count). The standard InChI is InChI=1S/C12H12N2O3/c15-10-3-1-9(2-4-10)5-7-13-12(16)11-6-8-14-17-11/h1-4,6,8,15H,5,7H2,(H,13,16). The molecule has 1 aromatic carbocycles. The Hall–Kier alpha value is -2.30. The molecule has 1 heterocycles. The summed E-state index contributed by atoms with van der Waals surface area (Å²) in [4.78, 5) is 11.5. The molecule has 2 N–H and O–H groups in total. The Balaban J connectivity index is 1.80. The lowest BCUT2D eigenvalue weighted by Gasteiger charge is -2.03. The zero-order chi connectivity index (χ0) is 12.1. The number of benzene rings is 1. The number of carbonyl (C=O) groups excluding carboxylic acids is 1. The molecule has 0 saturated heterocycles. The van der Waals surface area contributed by atoms with Crippen molar-refractivity contribution in [3.63, 3.8) is 0 Å². The van der Waals surface area contributed by atoms with Gasteiger partial charge in [-0.25, -0.2) is 0 Å². The zero-order valence-electron chi connectivity index (χ0n) is 9.09. The first-order valence-corrected chi connectivity index (χ1v) is 5.22. The second-order valence-corrected chi connectivity index (χ2v) is 3.55. The molecular weight excluding hydrogens is 220 g/mol. The van der Waals surface area contributed by atoms with Gasteiger partial charge in [0.15, 0.2) is 0 Å². The van der Waals surface area contributed by atoms with E-state index >= 15 is 0 Å². The number of hydrogen-bond acceptors (Lipinski definition) is 4. The highest BCUT2D eigenvalue weighted by Crippen LogP contribution is 2.09. The Morgan fingerprint density at radius 1 is 1.29 bits per heavy atom. The number of nitrogens with zero attached hydrogens (tertiary/aromatic N) is 1. The molecular formula is C12H12N2O3. The van der Waals surface area contributed by atoms with Crippen LogP contribution in [0.2, 0.25) is 0 Å². The lowest BCUT2D eigenvalue weighted by molar-refractivity contribution is 0.0917. The van der Waals surface area contributed by atoms with Crippen LogP contribution in [0.5, 0.6) is 5.75 Å². The fraction of sp³-hybridized carbons (Fsp3) is 0.167. The normalized spacial score (nSPS) is 10.1. The quantitative estimate of drug-likeness (QED) is 0.834. The van der Waals surface area contributed by atoms with Crippen molar-refractivity contribution in [3.05, 3.63) is 47.9 Å². The number of nitrogens with one attached hydrogen (secondary N) is 1. The van der Waals surface area contributed by atoms with Crippen molar-refractivity contribution in [3.8, 4) is 5.75 Å². The molecule has 88 valence electrons. The van der Waals surface area contributed by atoms with Crippen molar-refractivity contribution in [1.29, 1.82) is 0 Å². The van der Waals surface area contributed by atoms with Gasteiger partial charge in [0.25, 0.3) is 5.91 Å². The highest BCUT2D eigenvalue weighted by atomic mass is 16.5. The van der Waals surface area contributed by atoms with Crippen LogP contribution in [-0.2, 0) is 6.42 Å². The van der Waals surface area contributed by atoms with Crippen LogP contribution >= 0.6 is 0 Å². The third-order valence-corrected chi connectivity index (χ3v) is 2.30. The molecule has 0 bridgehead atoms. The van der Waals surface area contributed by atoms with E-state index in [4.69, 9.17) is 9.63 Å². The van der Waals surface area contributed by atoms with E-state index in [9.17, 15) is 4.79 Å². The number of aromatic nitrogens is 1. The molecule has 0 atom stereocenters. The first-order chi connectivity index (χ1) is 8.25. The van der Waals surface area contributed by atoms with E-state index in [1.807, 2.05) is 12.1 Å². The summed E-state index contributed by atoms with van der Waals surface area (Å²) in [6.07, 6.45) is 2.12. The molecule has 1 aromatic heterocycles. The summed E-state index contributed by atoms with van der Waals surface area (Å²) in [6, 6.07) is 8.38. The van der Waals surface area contributed by atoms with Gasteiger partial charge in [0.05, 0.1) is 6.20 Å². The second kappa shape index (κ2) is 5.16. The lowest BCUT2D eigenvalue weighted by Crippen LogP contribution is -2.25. The van der Waals surface area contributed by atoms with Crippen LogP contribution in [0.15, 0.2) is 41.1 Å². The Kier molecular flexibility index (Phi) is 3.40. The van der Waals surface area contributed by atoms with Crippen molar-refractivity contribution < 1.29 is 14.4 Å². The van der Waals surface area contributed by atoms with Gasteiger partial charge < -0.3 is 14.9 Å². The van der Waals surface area contributed by atoms with E-state index in [-0.39, 0.29) is 17.4 Å². The van der Waals surface area contributed by atoms with Crippen LogP contribution in [0, 0.1) is 0 Å². The summed E-state index contributed by atoms with van der Waals surface area (Å²) in [5.41, 5.74) is 1.04. The van der Waals surface area contributed by atoms with E-state index in [1.165, 1.54) is 12.3 Å². The zero-order valence-corrected chi connectivity index (χ0v) is 9.09. The van der Waals surface area contributed by atoms with Gasteiger partial charge in [-0.1, -0.05) is 17.3 Å². The summed E-state index contributed by atoms with van der Waals surface area (Å²) >= 11 is 0. The largest absolute Gasteiger partial charge is 0.508 e. The predicted octanol–water partition coefficient (Wildman–Crippen LogP) is 1.35. The highest BCUT2D eigenvalue weighted by molar-refractivity contribution is 5.91. The van der Waals surface area contributed by atoms with Gasteiger partial charge in [-0.3, -0.25) is 4.79 Å². The summed E-state index contributed by atoms with van der Waals surface area (Å²) in [7, 11) is 0. The topological polar surface area (TPSA) is 75.4 Å².